The second kappa shape index (κ2) is 8.26. The number of halogens is 2. The van der Waals surface area contributed by atoms with Crippen LogP contribution in [0.15, 0.2) is 56.5 Å². The summed E-state index contributed by atoms with van der Waals surface area (Å²) < 4.78 is 7.29. The van der Waals surface area contributed by atoms with Gasteiger partial charge >= 0.3 is 0 Å². The van der Waals surface area contributed by atoms with Crippen LogP contribution in [-0.4, -0.2) is 18.2 Å². The molecule has 23 heavy (non-hydrogen) atoms. The highest BCUT2D eigenvalue weighted by Crippen LogP contribution is 2.25. The van der Waals surface area contributed by atoms with Crippen LogP contribution >= 0.6 is 31.9 Å². The lowest BCUT2D eigenvalue weighted by Crippen LogP contribution is -2.25. The Labute approximate surface area is 152 Å². The van der Waals surface area contributed by atoms with Crippen LogP contribution in [0.4, 0.5) is 0 Å². The van der Waals surface area contributed by atoms with Crippen molar-refractivity contribution in [3.63, 3.8) is 0 Å². The Morgan fingerprint density at radius 1 is 1.17 bits per heavy atom. The quantitative estimate of drug-likeness (QED) is 0.553. The number of nitrogens with one attached hydrogen (secondary N) is 1. The van der Waals surface area contributed by atoms with E-state index in [-0.39, 0.29) is 12.5 Å². The average molecular weight is 440 g/mol. The molecule has 0 aromatic heterocycles. The van der Waals surface area contributed by atoms with Crippen molar-refractivity contribution < 1.29 is 9.53 Å². The van der Waals surface area contributed by atoms with E-state index < -0.39 is 0 Å². The third-order valence-corrected chi connectivity index (χ3v) is 4.20. The van der Waals surface area contributed by atoms with Gasteiger partial charge in [-0.15, -0.1) is 0 Å². The van der Waals surface area contributed by atoms with Gasteiger partial charge in [-0.1, -0.05) is 34.1 Å². The van der Waals surface area contributed by atoms with Gasteiger partial charge in [0.05, 0.1) is 10.2 Å². The van der Waals surface area contributed by atoms with Gasteiger partial charge in [-0.25, -0.2) is 5.43 Å². The Kier molecular flexibility index (Phi) is 6.36. The van der Waals surface area contributed by atoms with Crippen molar-refractivity contribution >= 4 is 43.5 Å². The molecule has 0 radical (unpaired) electrons. The van der Waals surface area contributed by atoms with Crippen molar-refractivity contribution in [1.82, 2.24) is 5.43 Å². The fraction of sp³-hybridized carbons (Fsp3) is 0.176. The summed E-state index contributed by atoms with van der Waals surface area (Å²) in [5.41, 5.74) is 5.27. The predicted molar refractivity (Wildman–Crippen MR) is 98.9 cm³/mol. The molecule has 0 atom stereocenters. The maximum Gasteiger partial charge on any atom is 0.277 e. The van der Waals surface area contributed by atoms with E-state index in [0.717, 1.165) is 25.8 Å². The van der Waals surface area contributed by atoms with Crippen LogP contribution in [0.5, 0.6) is 5.75 Å². The lowest BCUT2D eigenvalue weighted by molar-refractivity contribution is -0.123. The van der Waals surface area contributed by atoms with E-state index in [1.807, 2.05) is 56.3 Å². The molecule has 1 amide bonds. The van der Waals surface area contributed by atoms with Crippen molar-refractivity contribution in [2.75, 3.05) is 6.61 Å². The number of carbonyl (C=O) groups excluding carboxylic acids is 1. The number of carbonyl (C=O) groups is 1. The van der Waals surface area contributed by atoms with E-state index in [1.54, 1.807) is 0 Å². The first-order valence-electron chi connectivity index (χ1n) is 6.94. The zero-order chi connectivity index (χ0) is 16.8. The van der Waals surface area contributed by atoms with Gasteiger partial charge in [0.2, 0.25) is 0 Å². The van der Waals surface area contributed by atoms with Crippen LogP contribution < -0.4 is 10.2 Å². The first-order chi connectivity index (χ1) is 11.0. The minimum atomic E-state index is -0.311. The Morgan fingerprint density at radius 2 is 1.87 bits per heavy atom. The number of hydrogen-bond acceptors (Lipinski definition) is 3. The van der Waals surface area contributed by atoms with Crippen molar-refractivity contribution in [3.05, 3.63) is 62.5 Å². The number of hydrogen-bond donors (Lipinski definition) is 1. The molecule has 0 bridgehead atoms. The van der Waals surface area contributed by atoms with Gasteiger partial charge < -0.3 is 4.74 Å². The predicted octanol–water partition coefficient (Wildman–Crippen LogP) is 4.44. The van der Waals surface area contributed by atoms with Crippen molar-refractivity contribution in [2.24, 2.45) is 5.10 Å². The Hall–Kier alpha value is -1.66. The molecule has 4 nitrogen and oxygen atoms in total. The first-order valence-corrected chi connectivity index (χ1v) is 8.52. The van der Waals surface area contributed by atoms with Crippen LogP contribution in [0.3, 0.4) is 0 Å². The maximum absolute atomic E-state index is 11.8. The van der Waals surface area contributed by atoms with E-state index in [1.165, 1.54) is 0 Å². The Balaban J connectivity index is 1.89. The summed E-state index contributed by atoms with van der Waals surface area (Å²) in [5.74, 6) is 0.313. The second-order valence-electron chi connectivity index (χ2n) is 4.96. The molecule has 0 saturated carbocycles. The molecular weight excluding hydrogens is 424 g/mol. The average Bonchev–Trinajstić information content (AvgIpc) is 2.52. The van der Waals surface area contributed by atoms with Gasteiger partial charge in [0.15, 0.2) is 6.61 Å². The van der Waals surface area contributed by atoms with E-state index in [2.05, 4.69) is 42.4 Å². The smallest absolute Gasteiger partial charge is 0.277 e. The van der Waals surface area contributed by atoms with Crippen molar-refractivity contribution in [3.8, 4) is 5.75 Å². The SMILES string of the molecule is CC(=NNC(=O)COc1ccc(C)cc1Br)c1ccc(Br)cc1. The monoisotopic (exact) mass is 438 g/mol. The van der Waals surface area contributed by atoms with Crippen LogP contribution in [0.1, 0.15) is 18.1 Å². The van der Waals surface area contributed by atoms with E-state index in [4.69, 9.17) is 4.74 Å². The van der Waals surface area contributed by atoms with Gasteiger partial charge in [-0.3, -0.25) is 4.79 Å². The highest BCUT2D eigenvalue weighted by atomic mass is 79.9. The number of ether oxygens (including phenoxy) is 1. The maximum atomic E-state index is 11.8. The standard InChI is InChI=1S/C17H16Br2N2O2/c1-11-3-8-16(15(19)9-11)23-10-17(22)21-20-12(2)13-4-6-14(18)7-5-13/h3-9H,10H2,1-2H3,(H,21,22). The molecule has 0 aliphatic heterocycles. The topological polar surface area (TPSA) is 50.7 Å². The number of benzene rings is 2. The summed E-state index contributed by atoms with van der Waals surface area (Å²) in [6.07, 6.45) is 0. The minimum Gasteiger partial charge on any atom is -0.483 e. The van der Waals surface area contributed by atoms with Crippen LogP contribution in [0, 0.1) is 6.92 Å². The highest BCUT2D eigenvalue weighted by molar-refractivity contribution is 9.10. The fourth-order valence-corrected chi connectivity index (χ4v) is 2.67. The number of amides is 1. The molecule has 120 valence electrons. The van der Waals surface area contributed by atoms with E-state index in [0.29, 0.717) is 5.75 Å². The summed E-state index contributed by atoms with van der Waals surface area (Å²) in [6.45, 7) is 3.72. The summed E-state index contributed by atoms with van der Waals surface area (Å²) in [4.78, 5) is 11.8. The molecule has 0 saturated heterocycles. The molecule has 0 aliphatic carbocycles. The molecule has 0 spiro atoms. The van der Waals surface area contributed by atoms with Crippen molar-refractivity contribution in [2.45, 2.75) is 13.8 Å². The molecule has 0 aliphatic rings. The first kappa shape index (κ1) is 17.7. The molecule has 0 unspecified atom stereocenters. The second-order valence-corrected chi connectivity index (χ2v) is 6.73. The summed E-state index contributed by atoms with van der Waals surface area (Å²) in [5, 5.41) is 4.08. The summed E-state index contributed by atoms with van der Waals surface area (Å²) >= 11 is 6.79. The highest BCUT2D eigenvalue weighted by Gasteiger charge is 2.06. The number of nitrogens with zero attached hydrogens (tertiary/aromatic N) is 1. The van der Waals surface area contributed by atoms with Crippen molar-refractivity contribution in [1.29, 1.82) is 0 Å². The Morgan fingerprint density at radius 3 is 2.52 bits per heavy atom. The number of rotatable bonds is 5. The van der Waals surface area contributed by atoms with Crippen LogP contribution in [-0.2, 0) is 4.79 Å². The van der Waals surface area contributed by atoms with Gasteiger partial charge in [0, 0.05) is 4.47 Å². The van der Waals surface area contributed by atoms with E-state index >= 15 is 0 Å². The van der Waals surface area contributed by atoms with Gasteiger partial charge in [0.1, 0.15) is 5.75 Å². The normalized spacial score (nSPS) is 11.2. The van der Waals surface area contributed by atoms with E-state index in [9.17, 15) is 4.79 Å². The summed E-state index contributed by atoms with van der Waals surface area (Å²) in [7, 11) is 0. The Bertz CT molecular complexity index is 728. The molecule has 0 fully saturated rings. The molecule has 0 heterocycles. The van der Waals surface area contributed by atoms with Gasteiger partial charge in [-0.2, -0.15) is 5.10 Å². The lowest BCUT2D eigenvalue weighted by atomic mass is 10.1. The molecule has 2 rings (SSSR count). The molecule has 6 heteroatoms. The molecular formula is C17H16Br2N2O2. The lowest BCUT2D eigenvalue weighted by Gasteiger charge is -2.08. The molecule has 1 N–H and O–H groups in total. The van der Waals surface area contributed by atoms with Gasteiger partial charge in [0.25, 0.3) is 5.91 Å². The minimum absolute atomic E-state index is 0.0984. The summed E-state index contributed by atoms with van der Waals surface area (Å²) in [6, 6.07) is 13.4. The van der Waals surface area contributed by atoms with Crippen LogP contribution in [0.2, 0.25) is 0 Å². The third kappa shape index (κ3) is 5.48. The zero-order valence-electron chi connectivity index (χ0n) is 12.8. The van der Waals surface area contributed by atoms with Crippen LogP contribution in [0.25, 0.3) is 0 Å². The number of aryl methyl sites for hydroxylation is 1. The molecule has 2 aromatic rings. The van der Waals surface area contributed by atoms with Gasteiger partial charge in [-0.05, 0) is 65.2 Å². The number of hydrazone groups is 1. The fourth-order valence-electron chi connectivity index (χ4n) is 1.80. The zero-order valence-corrected chi connectivity index (χ0v) is 15.9. The molecule has 2 aromatic carbocycles. The largest absolute Gasteiger partial charge is 0.483 e. The third-order valence-electron chi connectivity index (χ3n) is 3.06.